The molecular formula is C29H25F3N2O4. The number of carboxylic acid groups (broad SMARTS) is 1. The number of aryl methyl sites for hydroxylation is 2. The lowest BCUT2D eigenvalue weighted by Gasteiger charge is -2.11. The number of phenols is 1. The second-order valence-corrected chi connectivity index (χ2v) is 8.98. The Kier molecular flexibility index (Phi) is 7.04. The molecule has 6 nitrogen and oxygen atoms in total. The summed E-state index contributed by atoms with van der Waals surface area (Å²) in [4.78, 5) is 15.5. The quantitative estimate of drug-likeness (QED) is 0.183. The summed E-state index contributed by atoms with van der Waals surface area (Å²) >= 11 is 0. The molecule has 0 fully saturated rings. The van der Waals surface area contributed by atoms with Gasteiger partial charge in [-0.1, -0.05) is 25.1 Å². The molecule has 4 rings (SSSR count). The van der Waals surface area contributed by atoms with Gasteiger partial charge in [-0.05, 0) is 79.4 Å². The largest absolute Gasteiger partial charge is 0.506 e. The van der Waals surface area contributed by atoms with E-state index in [1.807, 2.05) is 19.9 Å². The summed E-state index contributed by atoms with van der Waals surface area (Å²) in [5.41, 5.74) is 2.48. The third-order valence-corrected chi connectivity index (χ3v) is 6.10. The maximum Gasteiger partial charge on any atom is 0.416 e. The number of benzene rings is 3. The first-order valence-corrected chi connectivity index (χ1v) is 11.7. The first-order chi connectivity index (χ1) is 17.9. The van der Waals surface area contributed by atoms with Crippen molar-refractivity contribution in [2.45, 2.75) is 33.4 Å². The van der Waals surface area contributed by atoms with Crippen molar-refractivity contribution in [2.24, 2.45) is 4.99 Å². The molecule has 4 aromatic rings. The fourth-order valence-corrected chi connectivity index (χ4v) is 4.33. The summed E-state index contributed by atoms with van der Waals surface area (Å²) < 4.78 is 41.9. The van der Waals surface area contributed by atoms with Gasteiger partial charge in [-0.2, -0.15) is 13.2 Å². The zero-order valence-electron chi connectivity index (χ0n) is 20.8. The van der Waals surface area contributed by atoms with Crippen LogP contribution in [0, 0.1) is 13.8 Å². The van der Waals surface area contributed by atoms with E-state index in [4.69, 9.17) is 0 Å². The highest BCUT2D eigenvalue weighted by Crippen LogP contribution is 2.38. The van der Waals surface area contributed by atoms with Crippen LogP contribution < -0.4 is 0 Å². The molecule has 1 aromatic heterocycles. The molecule has 38 heavy (non-hydrogen) atoms. The number of aromatic hydroxyl groups is 2. The average Bonchev–Trinajstić information content (AvgIpc) is 3.11. The SMILES string of the molecule is CCC(=Cc1ccc(N=Cc2c(O)n(-c3cc(C)cc(C)c3)c3cc(C(F)(F)F)ccc23)c(O)c1)C(=O)O. The lowest BCUT2D eigenvalue weighted by atomic mass is 10.1. The Morgan fingerprint density at radius 3 is 2.26 bits per heavy atom. The van der Waals surface area contributed by atoms with Crippen molar-refractivity contribution in [3.8, 4) is 17.3 Å². The van der Waals surface area contributed by atoms with Crippen LogP contribution in [0.4, 0.5) is 18.9 Å². The zero-order chi connectivity index (χ0) is 27.8. The summed E-state index contributed by atoms with van der Waals surface area (Å²) in [6, 6.07) is 13.1. The van der Waals surface area contributed by atoms with Gasteiger partial charge in [0, 0.05) is 22.9 Å². The van der Waals surface area contributed by atoms with E-state index in [2.05, 4.69) is 4.99 Å². The zero-order valence-corrected chi connectivity index (χ0v) is 20.8. The van der Waals surface area contributed by atoms with Gasteiger partial charge in [0.2, 0.25) is 5.88 Å². The van der Waals surface area contributed by atoms with E-state index < -0.39 is 17.7 Å². The fraction of sp³-hybridized carbons (Fsp3) is 0.172. The Hall–Kier alpha value is -4.53. The third kappa shape index (κ3) is 5.27. The molecular weight excluding hydrogens is 497 g/mol. The Balaban J connectivity index is 1.85. The second-order valence-electron chi connectivity index (χ2n) is 8.98. The topological polar surface area (TPSA) is 95.0 Å². The van der Waals surface area contributed by atoms with Crippen LogP contribution >= 0.6 is 0 Å². The van der Waals surface area contributed by atoms with Crippen LogP contribution in [-0.2, 0) is 11.0 Å². The fourth-order valence-electron chi connectivity index (χ4n) is 4.33. The summed E-state index contributed by atoms with van der Waals surface area (Å²) in [5.74, 6) is -1.59. The minimum Gasteiger partial charge on any atom is -0.506 e. The summed E-state index contributed by atoms with van der Waals surface area (Å²) in [7, 11) is 0. The second kappa shape index (κ2) is 10.1. The molecule has 0 saturated heterocycles. The average molecular weight is 523 g/mol. The van der Waals surface area contributed by atoms with Crippen molar-refractivity contribution in [3.63, 3.8) is 0 Å². The van der Waals surface area contributed by atoms with Crippen LogP contribution in [-0.4, -0.2) is 32.1 Å². The number of aliphatic carboxylic acids is 1. The number of alkyl halides is 3. The smallest absolute Gasteiger partial charge is 0.416 e. The van der Waals surface area contributed by atoms with Gasteiger partial charge in [-0.15, -0.1) is 0 Å². The number of aromatic nitrogens is 1. The van der Waals surface area contributed by atoms with Crippen molar-refractivity contribution in [1.29, 1.82) is 0 Å². The number of nitrogens with zero attached hydrogens (tertiary/aromatic N) is 2. The maximum absolute atomic E-state index is 13.5. The van der Waals surface area contributed by atoms with Crippen molar-refractivity contribution in [2.75, 3.05) is 0 Å². The van der Waals surface area contributed by atoms with E-state index in [1.54, 1.807) is 25.1 Å². The molecule has 3 aromatic carbocycles. The predicted molar refractivity (Wildman–Crippen MR) is 141 cm³/mol. The Labute approximate surface area is 216 Å². The lowest BCUT2D eigenvalue weighted by molar-refractivity contribution is -0.137. The molecule has 0 atom stereocenters. The van der Waals surface area contributed by atoms with Crippen LogP contribution in [0.5, 0.6) is 11.6 Å². The number of carbonyl (C=O) groups is 1. The Bertz CT molecular complexity index is 1590. The van der Waals surface area contributed by atoms with Gasteiger partial charge < -0.3 is 15.3 Å². The molecule has 0 radical (unpaired) electrons. The Morgan fingerprint density at radius 2 is 1.68 bits per heavy atom. The molecule has 0 aliphatic carbocycles. The first-order valence-electron chi connectivity index (χ1n) is 11.7. The number of phenolic OH excluding ortho intramolecular Hbond substituents is 1. The molecule has 9 heteroatoms. The molecule has 1 heterocycles. The molecule has 196 valence electrons. The molecule has 0 aliphatic heterocycles. The maximum atomic E-state index is 13.5. The van der Waals surface area contributed by atoms with Crippen LogP contribution in [0.1, 0.15) is 41.2 Å². The molecule has 0 spiro atoms. The Morgan fingerprint density at radius 1 is 1.00 bits per heavy atom. The van der Waals surface area contributed by atoms with Gasteiger partial charge >= 0.3 is 12.1 Å². The molecule has 0 bridgehead atoms. The summed E-state index contributed by atoms with van der Waals surface area (Å²) in [6.45, 7) is 5.41. The number of aliphatic imine (C=N–C) groups is 1. The highest BCUT2D eigenvalue weighted by Gasteiger charge is 2.31. The van der Waals surface area contributed by atoms with Gasteiger partial charge in [0.05, 0.1) is 16.6 Å². The van der Waals surface area contributed by atoms with E-state index in [1.165, 1.54) is 35.1 Å². The summed E-state index contributed by atoms with van der Waals surface area (Å²) in [5, 5.41) is 31.2. The normalized spacial score (nSPS) is 12.5. The minimum absolute atomic E-state index is 0.133. The number of rotatable bonds is 6. The molecule has 0 unspecified atom stereocenters. The molecule has 0 saturated carbocycles. The van der Waals surface area contributed by atoms with Crippen LogP contribution in [0.2, 0.25) is 0 Å². The number of hydrogen-bond acceptors (Lipinski definition) is 4. The molecule has 0 amide bonds. The number of fused-ring (bicyclic) bond motifs is 1. The first kappa shape index (κ1) is 26.5. The van der Waals surface area contributed by atoms with Crippen LogP contribution in [0.25, 0.3) is 22.7 Å². The highest BCUT2D eigenvalue weighted by atomic mass is 19.4. The highest BCUT2D eigenvalue weighted by molar-refractivity contribution is 6.04. The van der Waals surface area contributed by atoms with E-state index >= 15 is 0 Å². The van der Waals surface area contributed by atoms with E-state index in [9.17, 15) is 33.3 Å². The number of carboxylic acids is 1. The van der Waals surface area contributed by atoms with Crippen molar-refractivity contribution in [3.05, 3.63) is 88.0 Å². The van der Waals surface area contributed by atoms with E-state index in [0.29, 0.717) is 23.1 Å². The van der Waals surface area contributed by atoms with Crippen molar-refractivity contribution in [1.82, 2.24) is 4.57 Å². The van der Waals surface area contributed by atoms with Crippen LogP contribution in [0.15, 0.2) is 65.2 Å². The summed E-state index contributed by atoms with van der Waals surface area (Å²) in [6.07, 6.45) is -1.55. The number of halogens is 3. The van der Waals surface area contributed by atoms with Gasteiger partial charge in [0.15, 0.2) is 0 Å². The van der Waals surface area contributed by atoms with E-state index in [-0.39, 0.29) is 34.0 Å². The minimum atomic E-state index is -4.57. The standard InChI is InChI=1S/C29H25F3N2O4/c1-4-19(28(37)38)12-18-5-8-24(26(35)13-18)33-15-23-22-7-6-20(29(30,31)32)14-25(22)34(27(23)36)21-10-16(2)9-17(3)11-21/h5-15,35-36H,4H2,1-3H3,(H,37,38). The molecule has 0 aliphatic rings. The van der Waals surface area contributed by atoms with Gasteiger partial charge in [0.1, 0.15) is 11.4 Å². The van der Waals surface area contributed by atoms with Gasteiger partial charge in [-0.3, -0.25) is 9.56 Å². The lowest BCUT2D eigenvalue weighted by Crippen LogP contribution is -2.05. The van der Waals surface area contributed by atoms with Crippen molar-refractivity contribution >= 4 is 34.9 Å². The predicted octanol–water partition coefficient (Wildman–Crippen LogP) is 7.31. The molecule has 3 N–H and O–H groups in total. The van der Waals surface area contributed by atoms with Crippen LogP contribution in [0.3, 0.4) is 0 Å². The third-order valence-electron chi connectivity index (χ3n) is 6.10. The van der Waals surface area contributed by atoms with Gasteiger partial charge in [0.25, 0.3) is 0 Å². The monoisotopic (exact) mass is 522 g/mol. The van der Waals surface area contributed by atoms with Gasteiger partial charge in [-0.25, -0.2) is 4.79 Å². The van der Waals surface area contributed by atoms with Crippen molar-refractivity contribution < 1.29 is 33.3 Å². The number of hydrogen-bond donors (Lipinski definition) is 3. The van der Waals surface area contributed by atoms with E-state index in [0.717, 1.165) is 23.3 Å².